The van der Waals surface area contributed by atoms with Crippen molar-refractivity contribution in [1.82, 2.24) is 9.38 Å². The minimum atomic E-state index is -0.500. The van der Waals surface area contributed by atoms with Crippen LogP contribution in [0, 0.1) is 6.92 Å². The Morgan fingerprint density at radius 3 is 2.79 bits per heavy atom. The summed E-state index contributed by atoms with van der Waals surface area (Å²) in [5, 5.41) is 8.25. The summed E-state index contributed by atoms with van der Waals surface area (Å²) in [7, 11) is 0. The number of thiazole rings is 1. The summed E-state index contributed by atoms with van der Waals surface area (Å²) < 4.78 is 3.16. The molecule has 0 aliphatic carbocycles. The molecule has 0 aromatic carbocycles. The van der Waals surface area contributed by atoms with Crippen LogP contribution in [0.2, 0.25) is 0 Å². The summed E-state index contributed by atoms with van der Waals surface area (Å²) in [5.41, 5.74) is 1.09. The van der Waals surface area contributed by atoms with Crippen LogP contribution in [0.4, 0.5) is 0 Å². The standard InChI is InChI=1S/C6H5BrN2S.CH2O2.Rb/c1-4-6-9(3-8-4)2-5(7)10-6;2-1-3;/h2-3H,1H3;1H,(H,2,3);/q;;+1/p-1. The third-order valence-electron chi connectivity index (χ3n) is 1.35. The fourth-order valence-corrected chi connectivity index (χ4v) is 2.33. The Balaban J connectivity index is 0.000000381. The second-order valence-electron chi connectivity index (χ2n) is 2.17. The molecule has 0 aliphatic heterocycles. The number of aryl methyl sites for hydroxylation is 1. The topological polar surface area (TPSA) is 57.4 Å². The molecule has 2 rings (SSSR count). The van der Waals surface area contributed by atoms with Gasteiger partial charge in [-0.1, -0.05) is 0 Å². The van der Waals surface area contributed by atoms with Gasteiger partial charge in [-0.2, -0.15) is 0 Å². The zero-order valence-electron chi connectivity index (χ0n) is 7.73. The number of fused-ring (bicyclic) bond motifs is 1. The van der Waals surface area contributed by atoms with E-state index in [0.29, 0.717) is 0 Å². The molecule has 0 fully saturated rings. The van der Waals surface area contributed by atoms with E-state index >= 15 is 0 Å². The fraction of sp³-hybridized carbons (Fsp3) is 0.143. The van der Waals surface area contributed by atoms with E-state index in [9.17, 15) is 0 Å². The predicted molar refractivity (Wildman–Crippen MR) is 51.6 cm³/mol. The third-order valence-corrected chi connectivity index (χ3v) is 3.04. The van der Waals surface area contributed by atoms with Gasteiger partial charge in [0.1, 0.15) is 11.2 Å². The van der Waals surface area contributed by atoms with E-state index in [1.165, 1.54) is 4.83 Å². The fourth-order valence-electron chi connectivity index (χ4n) is 0.890. The van der Waals surface area contributed by atoms with Gasteiger partial charge in [-0.15, -0.1) is 11.3 Å². The van der Waals surface area contributed by atoms with Crippen molar-refractivity contribution >= 4 is 38.6 Å². The number of hydrogen-bond acceptors (Lipinski definition) is 4. The second kappa shape index (κ2) is 7.24. The van der Waals surface area contributed by atoms with E-state index in [-0.39, 0.29) is 58.2 Å². The van der Waals surface area contributed by atoms with Gasteiger partial charge in [0.2, 0.25) is 0 Å². The van der Waals surface area contributed by atoms with Crippen LogP contribution in [0.15, 0.2) is 16.3 Å². The Morgan fingerprint density at radius 2 is 2.29 bits per heavy atom. The Morgan fingerprint density at radius 1 is 1.71 bits per heavy atom. The quantitative estimate of drug-likeness (QED) is 0.510. The van der Waals surface area contributed by atoms with E-state index in [0.717, 1.165) is 9.48 Å². The van der Waals surface area contributed by atoms with Crippen LogP contribution in [-0.2, 0) is 4.79 Å². The van der Waals surface area contributed by atoms with E-state index in [1.54, 1.807) is 11.3 Å². The van der Waals surface area contributed by atoms with E-state index in [1.807, 2.05) is 23.8 Å². The Bertz CT molecular complexity index is 415. The van der Waals surface area contributed by atoms with Crippen molar-refractivity contribution in [3.8, 4) is 0 Å². The summed E-state index contributed by atoms with van der Waals surface area (Å²) in [6.45, 7) is 1.51. The number of imidazole rings is 1. The zero-order chi connectivity index (χ0) is 9.84. The Hall–Kier alpha value is 0.925. The average Bonchev–Trinajstić information content (AvgIpc) is 2.55. The largest absolute Gasteiger partial charge is 1.00 e. The number of halogens is 1. The number of carbonyl (C=O) groups is 1. The van der Waals surface area contributed by atoms with Crippen molar-refractivity contribution in [3.05, 3.63) is 22.0 Å². The van der Waals surface area contributed by atoms with Crippen LogP contribution in [0.3, 0.4) is 0 Å². The maximum atomic E-state index is 8.25. The summed E-state index contributed by atoms with van der Waals surface area (Å²) in [5.74, 6) is 0. The van der Waals surface area contributed by atoms with Gasteiger partial charge >= 0.3 is 58.2 Å². The van der Waals surface area contributed by atoms with Crippen LogP contribution in [-0.4, -0.2) is 15.9 Å². The molecule has 0 bridgehead atoms. The molecule has 0 unspecified atom stereocenters. The van der Waals surface area contributed by atoms with Crippen LogP contribution in [0.5, 0.6) is 0 Å². The molecule has 0 atom stereocenters. The second-order valence-corrected chi connectivity index (χ2v) is 4.58. The monoisotopic (exact) mass is 346 g/mol. The van der Waals surface area contributed by atoms with Crippen LogP contribution < -0.4 is 63.3 Å². The molecule has 2 aromatic heterocycles. The molecule has 14 heavy (non-hydrogen) atoms. The van der Waals surface area contributed by atoms with E-state index < -0.39 is 6.47 Å². The number of rotatable bonds is 0. The zero-order valence-corrected chi connectivity index (χ0v) is 15.0. The number of hydrogen-bond donors (Lipinski definition) is 0. The van der Waals surface area contributed by atoms with Crippen molar-refractivity contribution in [3.63, 3.8) is 0 Å². The number of aromatic nitrogens is 2. The van der Waals surface area contributed by atoms with Crippen molar-refractivity contribution in [2.75, 3.05) is 0 Å². The SMILES string of the molecule is Cc1ncn2cc(Br)sc12.O=C[O-].[Rb+]. The third kappa shape index (κ3) is 3.82. The maximum Gasteiger partial charge on any atom is 1.00 e. The predicted octanol–water partition coefficient (Wildman–Crippen LogP) is -2.16. The van der Waals surface area contributed by atoms with Gasteiger partial charge < -0.3 is 9.90 Å². The molecule has 0 N–H and O–H groups in total. The van der Waals surface area contributed by atoms with Crippen molar-refractivity contribution in [1.29, 1.82) is 0 Å². The van der Waals surface area contributed by atoms with Gasteiger partial charge in [0.05, 0.1) is 9.48 Å². The molecular weight excluding hydrogens is 342 g/mol. The maximum absolute atomic E-state index is 8.25. The molecule has 2 heterocycles. The molecule has 0 aliphatic rings. The molecule has 0 saturated heterocycles. The summed E-state index contributed by atoms with van der Waals surface area (Å²) in [4.78, 5) is 13.6. The molecule has 0 radical (unpaired) electrons. The van der Waals surface area contributed by atoms with Crippen molar-refractivity contribution in [2.45, 2.75) is 6.92 Å². The number of carbonyl (C=O) groups excluding carboxylic acids is 1. The van der Waals surface area contributed by atoms with Crippen molar-refractivity contribution < 1.29 is 68.1 Å². The molecule has 2 aromatic rings. The van der Waals surface area contributed by atoms with Crippen LogP contribution in [0.25, 0.3) is 4.83 Å². The van der Waals surface area contributed by atoms with E-state index in [2.05, 4.69) is 20.9 Å². The van der Waals surface area contributed by atoms with Gasteiger partial charge in [-0.25, -0.2) is 4.98 Å². The molecule has 0 spiro atoms. The first-order chi connectivity index (χ1) is 6.19. The average molecular weight is 348 g/mol. The first-order valence-corrected chi connectivity index (χ1v) is 4.94. The first kappa shape index (κ1) is 14.9. The minimum Gasteiger partial charge on any atom is -0.554 e. The smallest absolute Gasteiger partial charge is 0.554 e. The first-order valence-electron chi connectivity index (χ1n) is 3.33. The van der Waals surface area contributed by atoms with Crippen molar-refractivity contribution in [2.24, 2.45) is 0 Å². The Kier molecular flexibility index (Phi) is 7.72. The number of carboxylic acid groups (broad SMARTS) is 1. The normalized spacial score (nSPS) is 8.71. The summed E-state index contributed by atoms with van der Waals surface area (Å²) >= 11 is 5.11. The Labute approximate surface area is 142 Å². The van der Waals surface area contributed by atoms with Gasteiger partial charge in [0.25, 0.3) is 0 Å². The van der Waals surface area contributed by atoms with Gasteiger partial charge in [-0.05, 0) is 22.9 Å². The van der Waals surface area contributed by atoms with Crippen LogP contribution >= 0.6 is 27.3 Å². The van der Waals surface area contributed by atoms with Crippen LogP contribution in [0.1, 0.15) is 5.69 Å². The molecule has 7 heteroatoms. The van der Waals surface area contributed by atoms with Gasteiger partial charge in [0.15, 0.2) is 0 Å². The molecular formula is C7H6BrN2O2RbS. The summed E-state index contributed by atoms with van der Waals surface area (Å²) in [6, 6.07) is 0. The number of nitrogens with zero attached hydrogens (tertiary/aromatic N) is 2. The van der Waals surface area contributed by atoms with E-state index in [4.69, 9.17) is 9.90 Å². The molecule has 0 amide bonds. The molecule has 70 valence electrons. The molecule has 0 saturated carbocycles. The molecule has 4 nitrogen and oxygen atoms in total. The van der Waals surface area contributed by atoms with Gasteiger partial charge in [0, 0.05) is 12.7 Å². The minimum absolute atomic E-state index is 0. The van der Waals surface area contributed by atoms with Gasteiger partial charge in [-0.3, -0.25) is 4.40 Å². The summed E-state index contributed by atoms with van der Waals surface area (Å²) in [6.07, 6.45) is 3.84.